The van der Waals surface area contributed by atoms with Gasteiger partial charge in [0.1, 0.15) is 10.6 Å². The molecule has 1 atom stereocenters. The smallest absolute Gasteiger partial charge is 0.244 e. The molecule has 0 radical (unpaired) electrons. The van der Waals surface area contributed by atoms with Crippen molar-refractivity contribution >= 4 is 20.8 Å². The number of aliphatic hydroxyl groups is 1. The first-order chi connectivity index (χ1) is 13.3. The van der Waals surface area contributed by atoms with Gasteiger partial charge >= 0.3 is 0 Å². The van der Waals surface area contributed by atoms with Crippen LogP contribution >= 0.6 is 0 Å². The number of hydrogen-bond acceptors (Lipinski definition) is 4. The molecule has 0 aliphatic rings. The standard InChI is InChI=1S/C22H25NO4S/c1-15-13-21(27-3)22(14-16(15)2)28(25,26)23-12-11-20(24)19-10-6-8-17-7-4-5-9-18(17)19/h4-10,13-14,20,23-24H,11-12H2,1-3H3. The van der Waals surface area contributed by atoms with Crippen LogP contribution < -0.4 is 9.46 Å². The normalized spacial score (nSPS) is 12.9. The maximum absolute atomic E-state index is 12.7. The molecule has 2 N–H and O–H groups in total. The molecule has 0 aliphatic heterocycles. The first-order valence-electron chi connectivity index (χ1n) is 9.14. The minimum Gasteiger partial charge on any atom is -0.495 e. The van der Waals surface area contributed by atoms with Crippen molar-refractivity contribution in [3.63, 3.8) is 0 Å². The van der Waals surface area contributed by atoms with Crippen LogP contribution in [0.5, 0.6) is 5.75 Å². The third kappa shape index (κ3) is 4.19. The Morgan fingerprint density at radius 2 is 1.71 bits per heavy atom. The molecule has 1 unspecified atom stereocenters. The first kappa shape index (κ1) is 20.3. The summed E-state index contributed by atoms with van der Waals surface area (Å²) in [6.45, 7) is 3.88. The second kappa shape index (κ2) is 8.31. The van der Waals surface area contributed by atoms with E-state index in [4.69, 9.17) is 4.74 Å². The van der Waals surface area contributed by atoms with Crippen LogP contribution in [-0.2, 0) is 10.0 Å². The molecule has 3 rings (SSSR count). The van der Waals surface area contributed by atoms with Crippen molar-refractivity contribution in [3.05, 3.63) is 71.3 Å². The number of aryl methyl sites for hydroxylation is 2. The van der Waals surface area contributed by atoms with Crippen molar-refractivity contribution in [3.8, 4) is 5.75 Å². The van der Waals surface area contributed by atoms with Gasteiger partial charge in [0.2, 0.25) is 10.0 Å². The van der Waals surface area contributed by atoms with Gasteiger partial charge in [-0.3, -0.25) is 0 Å². The number of sulfonamides is 1. The van der Waals surface area contributed by atoms with E-state index < -0.39 is 16.1 Å². The fourth-order valence-electron chi connectivity index (χ4n) is 3.24. The van der Waals surface area contributed by atoms with Gasteiger partial charge in [-0.15, -0.1) is 0 Å². The molecule has 0 heterocycles. The lowest BCUT2D eigenvalue weighted by Crippen LogP contribution is -2.26. The molecule has 0 saturated heterocycles. The van der Waals surface area contributed by atoms with Crippen molar-refractivity contribution in [1.29, 1.82) is 0 Å². The number of methoxy groups -OCH3 is 1. The topological polar surface area (TPSA) is 75.6 Å². The molecule has 0 aliphatic carbocycles. The van der Waals surface area contributed by atoms with E-state index in [-0.39, 0.29) is 17.9 Å². The average molecular weight is 400 g/mol. The number of benzene rings is 3. The quantitative estimate of drug-likeness (QED) is 0.632. The number of rotatable bonds is 7. The zero-order chi connectivity index (χ0) is 20.3. The number of hydrogen-bond donors (Lipinski definition) is 2. The summed E-state index contributed by atoms with van der Waals surface area (Å²) >= 11 is 0. The van der Waals surface area contributed by atoms with Crippen molar-refractivity contribution in [2.75, 3.05) is 13.7 Å². The summed E-state index contributed by atoms with van der Waals surface area (Å²) in [5.74, 6) is 0.310. The fraction of sp³-hybridized carbons (Fsp3) is 0.273. The summed E-state index contributed by atoms with van der Waals surface area (Å²) in [5, 5.41) is 12.6. The highest BCUT2D eigenvalue weighted by Gasteiger charge is 2.21. The Bertz CT molecular complexity index is 1090. The maximum atomic E-state index is 12.7. The van der Waals surface area contributed by atoms with Crippen LogP contribution in [0, 0.1) is 13.8 Å². The van der Waals surface area contributed by atoms with Gasteiger partial charge in [-0.25, -0.2) is 13.1 Å². The largest absolute Gasteiger partial charge is 0.495 e. The molecular formula is C22H25NO4S. The van der Waals surface area contributed by atoms with E-state index in [1.54, 1.807) is 12.1 Å². The van der Waals surface area contributed by atoms with Gasteiger partial charge in [-0.1, -0.05) is 42.5 Å². The maximum Gasteiger partial charge on any atom is 0.244 e. The van der Waals surface area contributed by atoms with E-state index in [1.807, 2.05) is 56.3 Å². The summed E-state index contributed by atoms with van der Waals surface area (Å²) in [7, 11) is -2.30. The second-order valence-electron chi connectivity index (χ2n) is 6.86. The number of fused-ring (bicyclic) bond motifs is 1. The molecule has 0 fully saturated rings. The minimum absolute atomic E-state index is 0.109. The van der Waals surface area contributed by atoms with Crippen molar-refractivity contribution in [2.24, 2.45) is 0 Å². The van der Waals surface area contributed by atoms with E-state index in [1.165, 1.54) is 7.11 Å². The van der Waals surface area contributed by atoms with Gasteiger partial charge in [-0.2, -0.15) is 0 Å². The van der Waals surface area contributed by atoms with Gasteiger partial charge in [0.05, 0.1) is 13.2 Å². The van der Waals surface area contributed by atoms with Crippen molar-refractivity contribution < 1.29 is 18.3 Å². The molecule has 0 saturated carbocycles. The lowest BCUT2D eigenvalue weighted by atomic mass is 9.99. The van der Waals surface area contributed by atoms with Gasteiger partial charge in [0.15, 0.2) is 0 Å². The van der Waals surface area contributed by atoms with E-state index in [0.717, 1.165) is 27.5 Å². The summed E-state index contributed by atoms with van der Waals surface area (Å²) in [5.41, 5.74) is 2.63. The highest BCUT2D eigenvalue weighted by Crippen LogP contribution is 2.28. The molecule has 0 spiro atoms. The Labute approximate surface area is 166 Å². The number of ether oxygens (including phenoxy) is 1. The van der Waals surface area contributed by atoms with Crippen molar-refractivity contribution in [1.82, 2.24) is 4.72 Å². The molecule has 3 aromatic rings. The van der Waals surface area contributed by atoms with Crippen LogP contribution in [-0.4, -0.2) is 27.2 Å². The monoisotopic (exact) mass is 399 g/mol. The van der Waals surface area contributed by atoms with Gasteiger partial charge < -0.3 is 9.84 Å². The zero-order valence-electron chi connectivity index (χ0n) is 16.3. The van der Waals surface area contributed by atoms with Gasteiger partial charge in [-0.05, 0) is 59.9 Å². The fourth-order valence-corrected chi connectivity index (χ4v) is 4.52. The van der Waals surface area contributed by atoms with E-state index in [9.17, 15) is 13.5 Å². The third-order valence-corrected chi connectivity index (χ3v) is 6.44. The second-order valence-corrected chi connectivity index (χ2v) is 8.59. The highest BCUT2D eigenvalue weighted by atomic mass is 32.2. The number of nitrogens with one attached hydrogen (secondary N) is 1. The molecule has 5 nitrogen and oxygen atoms in total. The highest BCUT2D eigenvalue weighted by molar-refractivity contribution is 7.89. The van der Waals surface area contributed by atoms with Gasteiger partial charge in [0, 0.05) is 6.54 Å². The van der Waals surface area contributed by atoms with Crippen LogP contribution in [0.15, 0.2) is 59.5 Å². The first-order valence-corrected chi connectivity index (χ1v) is 10.6. The molecule has 0 amide bonds. The Hall–Kier alpha value is -2.41. The lowest BCUT2D eigenvalue weighted by molar-refractivity contribution is 0.170. The summed E-state index contributed by atoms with van der Waals surface area (Å²) < 4.78 is 33.3. The predicted molar refractivity (Wildman–Crippen MR) is 111 cm³/mol. The molecule has 0 bridgehead atoms. The van der Waals surface area contributed by atoms with Crippen LogP contribution in [0.3, 0.4) is 0 Å². The predicted octanol–water partition coefficient (Wildman–Crippen LogP) is 3.87. The van der Waals surface area contributed by atoms with Crippen LogP contribution in [0.4, 0.5) is 0 Å². The van der Waals surface area contributed by atoms with Crippen LogP contribution in [0.1, 0.15) is 29.2 Å². The molecule has 148 valence electrons. The average Bonchev–Trinajstić information content (AvgIpc) is 2.68. The Morgan fingerprint density at radius 3 is 2.46 bits per heavy atom. The van der Waals surface area contributed by atoms with Crippen molar-refractivity contribution in [2.45, 2.75) is 31.3 Å². The Morgan fingerprint density at radius 1 is 1.04 bits per heavy atom. The zero-order valence-corrected chi connectivity index (χ0v) is 17.1. The summed E-state index contributed by atoms with van der Waals surface area (Å²) in [6.07, 6.45) is -0.504. The molecule has 0 aromatic heterocycles. The Kier molecular flexibility index (Phi) is 6.03. The molecule has 6 heteroatoms. The van der Waals surface area contributed by atoms with E-state index in [2.05, 4.69) is 4.72 Å². The minimum atomic E-state index is -3.75. The Balaban J connectivity index is 1.74. The van der Waals surface area contributed by atoms with Crippen LogP contribution in [0.2, 0.25) is 0 Å². The van der Waals surface area contributed by atoms with E-state index >= 15 is 0 Å². The summed E-state index contributed by atoms with van der Waals surface area (Å²) in [6, 6.07) is 16.9. The molecule has 28 heavy (non-hydrogen) atoms. The lowest BCUT2D eigenvalue weighted by Gasteiger charge is -2.16. The molecule has 3 aromatic carbocycles. The van der Waals surface area contributed by atoms with Gasteiger partial charge in [0.25, 0.3) is 0 Å². The summed E-state index contributed by atoms with van der Waals surface area (Å²) in [4.78, 5) is 0.109. The number of aliphatic hydroxyl groups excluding tert-OH is 1. The third-order valence-electron chi connectivity index (χ3n) is 4.96. The molecular weight excluding hydrogens is 374 g/mol. The van der Waals surface area contributed by atoms with E-state index in [0.29, 0.717) is 5.75 Å². The SMILES string of the molecule is COc1cc(C)c(C)cc1S(=O)(=O)NCCC(O)c1cccc2ccccc12. The van der Waals surface area contributed by atoms with Crippen LogP contribution in [0.25, 0.3) is 10.8 Å².